The van der Waals surface area contributed by atoms with Crippen molar-refractivity contribution in [3.8, 4) is 23.7 Å². The number of fused-ring (bicyclic) bond motifs is 4. The van der Waals surface area contributed by atoms with E-state index in [0.717, 1.165) is 6.08 Å². The first-order valence-corrected chi connectivity index (χ1v) is 17.5. The number of carbonyl (C=O) groups excluding carboxylic acids is 1. The molecule has 0 radical (unpaired) electrons. The highest BCUT2D eigenvalue weighted by Crippen LogP contribution is 2.58. The summed E-state index contributed by atoms with van der Waals surface area (Å²) in [6, 6.07) is 4.62. The topological polar surface area (TPSA) is 83.0 Å². The van der Waals surface area contributed by atoms with Crippen LogP contribution in [0.3, 0.4) is 0 Å². The van der Waals surface area contributed by atoms with Gasteiger partial charge >= 0.3 is 12.1 Å². The number of benzene rings is 1. The van der Waals surface area contributed by atoms with E-state index in [0.29, 0.717) is 32.3 Å². The van der Waals surface area contributed by atoms with Crippen LogP contribution in [0, 0.1) is 46.9 Å². The van der Waals surface area contributed by atoms with Crippen LogP contribution in [0.25, 0.3) is 16.3 Å². The average molecular weight is 762 g/mol. The third-order valence-corrected chi connectivity index (χ3v) is 10.3. The maximum Gasteiger partial charge on any atom is 0.435 e. The molecule has 4 aliphatic rings. The van der Waals surface area contributed by atoms with E-state index in [-0.39, 0.29) is 12.0 Å². The van der Waals surface area contributed by atoms with Crippen molar-refractivity contribution < 1.29 is 35.5 Å². The van der Waals surface area contributed by atoms with Crippen molar-refractivity contribution in [1.82, 2.24) is 25.0 Å². The van der Waals surface area contributed by atoms with Crippen molar-refractivity contribution in [2.75, 3.05) is 7.05 Å². The number of carbonyl (C=O) groups is 1. The quantitative estimate of drug-likeness (QED) is 0.149. The van der Waals surface area contributed by atoms with Gasteiger partial charge in [-0.2, -0.15) is 27.1 Å². The van der Waals surface area contributed by atoms with Gasteiger partial charge in [0, 0.05) is 47.2 Å². The molecule has 14 heteroatoms. The number of hydrogen-bond donors (Lipinski definition) is 2. The number of aromatic nitrogens is 3. The number of rotatable bonds is 7. The summed E-state index contributed by atoms with van der Waals surface area (Å²) < 4.78 is 104. The summed E-state index contributed by atoms with van der Waals surface area (Å²) >= 11 is 0. The molecule has 55 heavy (non-hydrogen) atoms. The van der Waals surface area contributed by atoms with Crippen LogP contribution < -0.4 is 10.9 Å². The summed E-state index contributed by atoms with van der Waals surface area (Å²) in [6.45, 7) is 6.19. The Balaban J connectivity index is 1.35. The predicted molar refractivity (Wildman–Crippen MR) is 190 cm³/mol. The fraction of sp³-hybridized carbons (Fsp3) is 0.390. The molecular formula is C41H34F7N5O2. The second kappa shape index (κ2) is 13.3. The van der Waals surface area contributed by atoms with E-state index in [4.69, 9.17) is 0 Å². The summed E-state index contributed by atoms with van der Waals surface area (Å²) in [7, 11) is 1.66. The van der Waals surface area contributed by atoms with Gasteiger partial charge < -0.3 is 15.2 Å². The Morgan fingerprint density at radius 2 is 1.85 bits per heavy atom. The minimum absolute atomic E-state index is 0.133. The van der Waals surface area contributed by atoms with Crippen molar-refractivity contribution in [2.24, 2.45) is 23.2 Å². The molecule has 2 N–H and O–H groups in total. The molecule has 1 amide bonds. The molecule has 0 saturated carbocycles. The van der Waals surface area contributed by atoms with E-state index >= 15 is 13.2 Å². The Hall–Kier alpha value is -5.68. The van der Waals surface area contributed by atoms with E-state index in [1.807, 2.05) is 20.8 Å². The number of halogens is 7. The standard InChI is InChI=1S/C41H34F7N5O2/c1-21-22(17-23(42)19-31(21)43)18-32(50-33(54)20-53-37-34(36(51-53)41(46,47)48)29-11-12-30(29)40(37,44)45)35-27(10-9-24(52(35)5)13-15-39(2,3)4)25-7-6-8-28-26(25)14-16-49-38(28)55/h6-8,14,16-17,19,21-22,29-30,32,35H,18,20H2,1-5H3,(H,49,55)(H,50,54)/t21?,22?,29-,30+,32-,35?/m0/s1. The Morgan fingerprint density at radius 3 is 2.53 bits per heavy atom. The predicted octanol–water partition coefficient (Wildman–Crippen LogP) is 7.50. The van der Waals surface area contributed by atoms with E-state index < -0.39 is 94.3 Å². The smallest absolute Gasteiger partial charge is 0.351 e. The molecule has 0 bridgehead atoms. The van der Waals surface area contributed by atoms with E-state index in [1.165, 1.54) is 12.3 Å². The van der Waals surface area contributed by atoms with Gasteiger partial charge in [-0.05, 0) is 73.9 Å². The Bertz CT molecular complexity index is 2500. The number of alkyl halides is 5. The summed E-state index contributed by atoms with van der Waals surface area (Å²) in [5.74, 6) is -0.285. The van der Waals surface area contributed by atoms with Crippen molar-refractivity contribution in [2.45, 2.75) is 70.8 Å². The molecule has 6 atom stereocenters. The number of aromatic amines is 1. The molecule has 3 aliphatic carbocycles. The number of amides is 1. The maximum absolute atomic E-state index is 15.6. The fourth-order valence-corrected chi connectivity index (χ4v) is 7.61. The van der Waals surface area contributed by atoms with Gasteiger partial charge in [0.15, 0.2) is 5.69 Å². The summed E-state index contributed by atoms with van der Waals surface area (Å²) in [4.78, 5) is 31.2. The zero-order chi connectivity index (χ0) is 39.8. The van der Waals surface area contributed by atoms with Gasteiger partial charge in [-0.3, -0.25) is 14.3 Å². The van der Waals surface area contributed by atoms with E-state index in [2.05, 4.69) is 50.5 Å². The monoisotopic (exact) mass is 761 g/mol. The van der Waals surface area contributed by atoms with Crippen LogP contribution in [0.4, 0.5) is 30.7 Å². The largest absolute Gasteiger partial charge is 0.435 e. The summed E-state index contributed by atoms with van der Waals surface area (Å²) in [5, 5.41) is 7.14. The van der Waals surface area contributed by atoms with Crippen molar-refractivity contribution in [3.05, 3.63) is 104 Å². The molecule has 3 aromatic rings. The van der Waals surface area contributed by atoms with Gasteiger partial charge in [0.25, 0.3) is 5.56 Å². The van der Waals surface area contributed by atoms with Crippen LogP contribution in [0.5, 0.6) is 0 Å². The van der Waals surface area contributed by atoms with Crippen molar-refractivity contribution in [1.29, 1.82) is 0 Å². The van der Waals surface area contributed by atoms with Crippen molar-refractivity contribution >= 4 is 22.3 Å². The lowest BCUT2D eigenvalue weighted by molar-refractivity contribution is -0.142. The van der Waals surface area contributed by atoms with E-state index in [9.17, 15) is 27.2 Å². The molecule has 1 aliphatic heterocycles. The number of likely N-dealkylation sites (N-methyl/N-ethyl adjacent to an activating group) is 1. The van der Waals surface area contributed by atoms with Gasteiger partial charge in [-0.15, -0.1) is 0 Å². The zero-order valence-corrected chi connectivity index (χ0v) is 30.2. The Labute approximate surface area is 311 Å². The Morgan fingerprint density at radius 1 is 1.11 bits per heavy atom. The molecule has 0 saturated heterocycles. The zero-order valence-electron chi connectivity index (χ0n) is 30.2. The van der Waals surface area contributed by atoms with Crippen LogP contribution in [0.1, 0.15) is 62.5 Å². The van der Waals surface area contributed by atoms with Crippen LogP contribution in [-0.4, -0.2) is 44.7 Å². The first kappa shape index (κ1) is 37.6. The number of allylic oxidation sites excluding steroid dienone is 5. The molecule has 284 valence electrons. The van der Waals surface area contributed by atoms with E-state index in [1.54, 1.807) is 43.1 Å². The highest BCUT2D eigenvalue weighted by atomic mass is 19.4. The molecule has 0 fully saturated rings. The first-order chi connectivity index (χ1) is 25.8. The number of hydrogen-bond acceptors (Lipinski definition) is 4. The highest BCUT2D eigenvalue weighted by molar-refractivity contribution is 5.94. The van der Waals surface area contributed by atoms with Crippen LogP contribution in [0.15, 0.2) is 76.2 Å². The van der Waals surface area contributed by atoms with Gasteiger partial charge in [-0.25, -0.2) is 8.78 Å². The van der Waals surface area contributed by atoms with Gasteiger partial charge in [0.05, 0.1) is 18.0 Å². The second-order valence-corrected chi connectivity index (χ2v) is 15.2. The average Bonchev–Trinajstić information content (AvgIpc) is 3.51. The minimum Gasteiger partial charge on any atom is -0.351 e. The molecule has 0 spiro atoms. The number of H-pyrrole nitrogens is 1. The lowest BCUT2D eigenvalue weighted by Crippen LogP contribution is -2.53. The fourth-order valence-electron chi connectivity index (χ4n) is 7.61. The SMILES string of the molecule is CC1C(F)=CC(F)=CC1C[C@H](NC(=O)Cn1nc(C(F)(F)F)c2c1C(F)(F)[C@@H]1C#C[C@H]21)C1C(c2cccc3c(=O)[nH]ccc23)=C=C=C(C#CC(C)(C)C)N1C. The Kier molecular flexibility index (Phi) is 9.07. The molecule has 7 nitrogen and oxygen atoms in total. The molecular weight excluding hydrogens is 727 g/mol. The van der Waals surface area contributed by atoms with Gasteiger partial charge in [-0.1, -0.05) is 42.5 Å². The first-order valence-electron chi connectivity index (χ1n) is 17.5. The van der Waals surface area contributed by atoms with Gasteiger partial charge in [0.1, 0.15) is 35.5 Å². The summed E-state index contributed by atoms with van der Waals surface area (Å²) in [5.41, 5.74) is 3.32. The van der Waals surface area contributed by atoms with Gasteiger partial charge in [0.2, 0.25) is 5.91 Å². The second-order valence-electron chi connectivity index (χ2n) is 15.2. The minimum atomic E-state index is -5.10. The molecule has 7 rings (SSSR count). The molecule has 3 heterocycles. The lowest BCUT2D eigenvalue weighted by Gasteiger charge is -2.40. The number of nitrogens with one attached hydrogen (secondary N) is 2. The molecule has 2 aromatic heterocycles. The maximum atomic E-state index is 15.6. The molecule has 1 aromatic carbocycles. The lowest BCUT2D eigenvalue weighted by atomic mass is 9.79. The van der Waals surface area contributed by atoms with Crippen LogP contribution >= 0.6 is 0 Å². The van der Waals surface area contributed by atoms with Crippen molar-refractivity contribution in [3.63, 3.8) is 0 Å². The van der Waals surface area contributed by atoms with Crippen LogP contribution in [-0.2, 0) is 23.4 Å². The summed E-state index contributed by atoms with van der Waals surface area (Å²) in [6.07, 6.45) is -1.79. The third-order valence-electron chi connectivity index (χ3n) is 10.3. The third kappa shape index (κ3) is 6.71. The molecule has 3 unspecified atom stereocenters. The normalized spacial score (nSPS) is 24.1. The van der Waals surface area contributed by atoms with Crippen LogP contribution in [0.2, 0.25) is 0 Å². The number of pyridine rings is 1. The highest BCUT2D eigenvalue weighted by Gasteiger charge is 2.62. The number of nitrogens with zero attached hydrogens (tertiary/aromatic N) is 3.